The molecule has 0 aliphatic rings. The molecule has 0 unspecified atom stereocenters. The number of aromatic nitrogens is 4. The van der Waals surface area contributed by atoms with E-state index in [1.807, 2.05) is 79.1 Å². The van der Waals surface area contributed by atoms with Crippen LogP contribution in [-0.4, -0.2) is 19.9 Å². The summed E-state index contributed by atoms with van der Waals surface area (Å²) in [5, 5.41) is 4.86. The van der Waals surface area contributed by atoms with Gasteiger partial charge in [-0.25, -0.2) is 15.0 Å². The van der Waals surface area contributed by atoms with Gasteiger partial charge in [-0.1, -0.05) is 158 Å². The molecule has 0 saturated heterocycles. The Labute approximate surface area is 290 Å². The SMILES string of the molecule is c1ccc(-c2nc(-c3ccccc3)nc(-c3ccc(-c4ccc5c(c4)c(-c4ccccc4)c(-c4cccnc4)c4ccccc45)cc3)n2)cc1. The van der Waals surface area contributed by atoms with Crippen molar-refractivity contribution in [1.82, 2.24) is 19.9 Å². The van der Waals surface area contributed by atoms with Crippen molar-refractivity contribution in [3.63, 3.8) is 0 Å². The average Bonchev–Trinajstić information content (AvgIpc) is 3.21. The monoisotopic (exact) mass is 638 g/mol. The molecule has 50 heavy (non-hydrogen) atoms. The van der Waals surface area contributed by atoms with Crippen molar-refractivity contribution in [2.75, 3.05) is 0 Å². The molecule has 4 nitrogen and oxygen atoms in total. The van der Waals surface area contributed by atoms with Gasteiger partial charge in [0, 0.05) is 34.6 Å². The van der Waals surface area contributed by atoms with Gasteiger partial charge in [0.2, 0.25) is 0 Å². The number of pyridine rings is 1. The van der Waals surface area contributed by atoms with Crippen LogP contribution >= 0.6 is 0 Å². The molecule has 0 aliphatic heterocycles. The number of nitrogens with zero attached hydrogens (tertiary/aromatic N) is 4. The minimum Gasteiger partial charge on any atom is -0.264 e. The summed E-state index contributed by atoms with van der Waals surface area (Å²) < 4.78 is 0. The Morgan fingerprint density at radius 1 is 0.280 bits per heavy atom. The topological polar surface area (TPSA) is 51.6 Å². The molecule has 0 amide bonds. The van der Waals surface area contributed by atoms with Crippen LogP contribution in [-0.2, 0) is 0 Å². The van der Waals surface area contributed by atoms with Crippen molar-refractivity contribution >= 4 is 21.5 Å². The Kier molecular flexibility index (Phi) is 7.45. The first-order chi connectivity index (χ1) is 24.8. The van der Waals surface area contributed by atoms with Crippen LogP contribution in [0, 0.1) is 0 Å². The highest BCUT2D eigenvalue weighted by molar-refractivity contribution is 6.22. The fourth-order valence-corrected chi connectivity index (χ4v) is 6.84. The molecule has 0 N–H and O–H groups in total. The van der Waals surface area contributed by atoms with E-state index in [9.17, 15) is 0 Å². The third-order valence-corrected chi connectivity index (χ3v) is 9.21. The Hall–Kier alpha value is -6.78. The van der Waals surface area contributed by atoms with Crippen LogP contribution in [0.15, 0.2) is 182 Å². The molecule has 0 saturated carbocycles. The Balaban J connectivity index is 1.20. The van der Waals surface area contributed by atoms with E-state index in [4.69, 9.17) is 15.0 Å². The summed E-state index contributed by atoms with van der Waals surface area (Å²) in [6, 6.07) is 59.1. The lowest BCUT2D eigenvalue weighted by Gasteiger charge is -2.19. The second kappa shape index (κ2) is 12.7. The molecule has 2 heterocycles. The van der Waals surface area contributed by atoms with Gasteiger partial charge in [-0.15, -0.1) is 0 Å². The second-order valence-corrected chi connectivity index (χ2v) is 12.3. The predicted octanol–water partition coefficient (Wildman–Crippen LogP) is 11.6. The predicted molar refractivity (Wildman–Crippen MR) is 205 cm³/mol. The first-order valence-corrected chi connectivity index (χ1v) is 16.7. The summed E-state index contributed by atoms with van der Waals surface area (Å²) in [6.07, 6.45) is 3.80. The maximum Gasteiger partial charge on any atom is 0.164 e. The maximum atomic E-state index is 4.93. The lowest BCUT2D eigenvalue weighted by atomic mass is 9.84. The molecule has 9 rings (SSSR count). The zero-order chi connectivity index (χ0) is 33.3. The number of benzene rings is 7. The molecule has 2 aromatic heterocycles. The third kappa shape index (κ3) is 5.39. The van der Waals surface area contributed by atoms with E-state index >= 15 is 0 Å². The Morgan fingerprint density at radius 3 is 1.30 bits per heavy atom. The average molecular weight is 639 g/mol. The Bertz CT molecular complexity index is 2550. The Morgan fingerprint density at radius 2 is 0.720 bits per heavy atom. The van der Waals surface area contributed by atoms with Crippen LogP contribution in [0.5, 0.6) is 0 Å². The van der Waals surface area contributed by atoms with E-state index < -0.39 is 0 Å². The summed E-state index contributed by atoms with van der Waals surface area (Å²) in [6.45, 7) is 0. The molecule has 0 bridgehead atoms. The van der Waals surface area contributed by atoms with Gasteiger partial charge < -0.3 is 0 Å². The van der Waals surface area contributed by atoms with Gasteiger partial charge in [-0.2, -0.15) is 0 Å². The lowest BCUT2D eigenvalue weighted by Crippen LogP contribution is -2.00. The van der Waals surface area contributed by atoms with Crippen LogP contribution in [0.4, 0.5) is 0 Å². The van der Waals surface area contributed by atoms with Gasteiger partial charge in [0.05, 0.1) is 0 Å². The molecular weight excluding hydrogens is 609 g/mol. The largest absolute Gasteiger partial charge is 0.264 e. The quantitative estimate of drug-likeness (QED) is 0.170. The van der Waals surface area contributed by atoms with Crippen molar-refractivity contribution in [1.29, 1.82) is 0 Å². The lowest BCUT2D eigenvalue weighted by molar-refractivity contribution is 1.07. The summed E-state index contributed by atoms with van der Waals surface area (Å²) in [7, 11) is 0. The van der Waals surface area contributed by atoms with E-state index in [-0.39, 0.29) is 0 Å². The molecule has 0 radical (unpaired) electrons. The number of rotatable bonds is 6. The van der Waals surface area contributed by atoms with Crippen LogP contribution in [0.3, 0.4) is 0 Å². The number of hydrogen-bond acceptors (Lipinski definition) is 4. The summed E-state index contributed by atoms with van der Waals surface area (Å²) >= 11 is 0. The first-order valence-electron chi connectivity index (χ1n) is 16.7. The van der Waals surface area contributed by atoms with E-state index in [0.717, 1.165) is 33.4 Å². The minimum absolute atomic E-state index is 0.640. The first kappa shape index (κ1) is 29.4. The fourth-order valence-electron chi connectivity index (χ4n) is 6.84. The van der Waals surface area contributed by atoms with Gasteiger partial charge in [0.15, 0.2) is 17.5 Å². The molecule has 0 spiro atoms. The fraction of sp³-hybridized carbons (Fsp3) is 0. The van der Waals surface area contributed by atoms with Crippen molar-refractivity contribution in [2.45, 2.75) is 0 Å². The van der Waals surface area contributed by atoms with Crippen molar-refractivity contribution in [3.8, 4) is 67.5 Å². The zero-order valence-electron chi connectivity index (χ0n) is 27.1. The van der Waals surface area contributed by atoms with Crippen LogP contribution in [0.1, 0.15) is 0 Å². The molecule has 0 fully saturated rings. The van der Waals surface area contributed by atoms with E-state index in [1.54, 1.807) is 0 Å². The maximum absolute atomic E-state index is 4.93. The highest BCUT2D eigenvalue weighted by atomic mass is 15.0. The van der Waals surface area contributed by atoms with E-state index in [2.05, 4.69) is 108 Å². The minimum atomic E-state index is 0.640. The van der Waals surface area contributed by atoms with E-state index in [0.29, 0.717) is 17.5 Å². The molecule has 9 aromatic rings. The molecule has 0 atom stereocenters. The van der Waals surface area contributed by atoms with Gasteiger partial charge in [0.1, 0.15) is 0 Å². The molecule has 4 heteroatoms. The molecule has 0 aliphatic carbocycles. The molecule has 7 aromatic carbocycles. The number of hydrogen-bond donors (Lipinski definition) is 0. The highest BCUT2D eigenvalue weighted by Gasteiger charge is 2.19. The van der Waals surface area contributed by atoms with Gasteiger partial charge in [-0.3, -0.25) is 4.98 Å². The summed E-state index contributed by atoms with van der Waals surface area (Å²) in [5.74, 6) is 1.94. The van der Waals surface area contributed by atoms with Crippen molar-refractivity contribution in [2.24, 2.45) is 0 Å². The van der Waals surface area contributed by atoms with Crippen LogP contribution in [0.2, 0.25) is 0 Å². The molecule has 234 valence electrons. The summed E-state index contributed by atoms with van der Waals surface area (Å²) in [5.41, 5.74) is 9.76. The smallest absolute Gasteiger partial charge is 0.164 e. The van der Waals surface area contributed by atoms with Crippen LogP contribution in [0.25, 0.3) is 89.1 Å². The third-order valence-electron chi connectivity index (χ3n) is 9.21. The highest BCUT2D eigenvalue weighted by Crippen LogP contribution is 2.45. The van der Waals surface area contributed by atoms with E-state index in [1.165, 1.54) is 38.2 Å². The number of fused-ring (bicyclic) bond motifs is 3. The van der Waals surface area contributed by atoms with Crippen LogP contribution < -0.4 is 0 Å². The standard InChI is InChI=1S/C46H30N4/c1-4-13-32(14-5-1)42-41-29-36(26-27-39(41)38-20-10-11-21-40(38)43(42)37-19-12-28-47-30-37)31-22-24-35(25-23-31)46-49-44(33-15-6-2-7-16-33)48-45(50-46)34-17-8-3-9-18-34/h1-30H. The summed E-state index contributed by atoms with van der Waals surface area (Å²) in [4.78, 5) is 19.2. The molecular formula is C46H30N4. The van der Waals surface area contributed by atoms with Gasteiger partial charge in [-0.05, 0) is 61.5 Å². The van der Waals surface area contributed by atoms with Gasteiger partial charge in [0.25, 0.3) is 0 Å². The zero-order valence-corrected chi connectivity index (χ0v) is 27.1. The van der Waals surface area contributed by atoms with Gasteiger partial charge >= 0.3 is 0 Å². The second-order valence-electron chi connectivity index (χ2n) is 12.3. The van der Waals surface area contributed by atoms with Crippen molar-refractivity contribution < 1.29 is 0 Å². The normalized spacial score (nSPS) is 11.2. The van der Waals surface area contributed by atoms with Crippen molar-refractivity contribution in [3.05, 3.63) is 182 Å².